The Morgan fingerprint density at radius 3 is 3.05 bits per heavy atom. The summed E-state index contributed by atoms with van der Waals surface area (Å²) in [5, 5.41) is 23.3. The van der Waals surface area contributed by atoms with Crippen LogP contribution in [0.4, 0.5) is 11.4 Å². The lowest BCUT2D eigenvalue weighted by Gasteiger charge is -2.34. The maximum absolute atomic E-state index is 11.2. The minimum atomic E-state index is -0.377. The van der Waals surface area contributed by atoms with Crippen molar-refractivity contribution in [2.45, 2.75) is 12.8 Å². The predicted molar refractivity (Wildman–Crippen MR) is 76.7 cm³/mol. The Morgan fingerprint density at radius 1 is 1.60 bits per heavy atom. The van der Waals surface area contributed by atoms with Gasteiger partial charge in [0, 0.05) is 19.2 Å². The second-order valence-electron chi connectivity index (χ2n) is 5.08. The first kappa shape index (κ1) is 14.3. The third-order valence-corrected chi connectivity index (χ3v) is 3.65. The van der Waals surface area contributed by atoms with E-state index in [9.17, 15) is 10.1 Å². The van der Waals surface area contributed by atoms with Crippen molar-refractivity contribution in [2.24, 2.45) is 5.92 Å². The van der Waals surface area contributed by atoms with E-state index in [4.69, 9.17) is 5.26 Å². The van der Waals surface area contributed by atoms with Gasteiger partial charge in [-0.05, 0) is 44.5 Å². The molecule has 0 saturated carbocycles. The van der Waals surface area contributed by atoms with Crippen LogP contribution in [0.3, 0.4) is 0 Å². The Bertz CT molecular complexity index is 536. The number of nitriles is 1. The van der Waals surface area contributed by atoms with Crippen LogP contribution < -0.4 is 10.2 Å². The molecule has 1 N–H and O–H groups in total. The standard InChI is InChI=1S/C14H18N4O2/c1-16-9-12-3-2-6-17(10-12)14-7-11(8-15)4-5-13(14)18(19)20/h4-5,7,12,16H,2-3,6,9-10H2,1H3. The molecule has 20 heavy (non-hydrogen) atoms. The second-order valence-corrected chi connectivity index (χ2v) is 5.08. The van der Waals surface area contributed by atoms with Gasteiger partial charge in [-0.25, -0.2) is 0 Å². The minimum absolute atomic E-state index is 0.0779. The van der Waals surface area contributed by atoms with E-state index in [1.807, 2.05) is 18.0 Å². The van der Waals surface area contributed by atoms with Gasteiger partial charge in [0.1, 0.15) is 5.69 Å². The van der Waals surface area contributed by atoms with E-state index in [0.717, 1.165) is 32.5 Å². The van der Waals surface area contributed by atoms with Crippen molar-refractivity contribution in [3.63, 3.8) is 0 Å². The lowest BCUT2D eigenvalue weighted by molar-refractivity contribution is -0.384. The maximum atomic E-state index is 11.2. The third kappa shape index (κ3) is 3.06. The average Bonchev–Trinajstić information content (AvgIpc) is 2.47. The molecule has 6 nitrogen and oxygen atoms in total. The van der Waals surface area contributed by atoms with Gasteiger partial charge in [-0.15, -0.1) is 0 Å². The van der Waals surface area contributed by atoms with Crippen LogP contribution >= 0.6 is 0 Å². The summed E-state index contributed by atoms with van der Waals surface area (Å²) in [5.41, 5.74) is 1.10. The van der Waals surface area contributed by atoms with Gasteiger partial charge < -0.3 is 10.2 Å². The number of benzene rings is 1. The highest BCUT2D eigenvalue weighted by Gasteiger charge is 2.25. The van der Waals surface area contributed by atoms with E-state index in [2.05, 4.69) is 5.32 Å². The van der Waals surface area contributed by atoms with Crippen molar-refractivity contribution in [2.75, 3.05) is 31.6 Å². The fourth-order valence-corrected chi connectivity index (χ4v) is 2.74. The molecule has 1 aromatic carbocycles. The smallest absolute Gasteiger partial charge is 0.292 e. The van der Waals surface area contributed by atoms with Gasteiger partial charge in [-0.2, -0.15) is 5.26 Å². The fourth-order valence-electron chi connectivity index (χ4n) is 2.74. The number of piperidine rings is 1. The zero-order valence-electron chi connectivity index (χ0n) is 11.5. The second kappa shape index (κ2) is 6.35. The van der Waals surface area contributed by atoms with Gasteiger partial charge >= 0.3 is 0 Å². The molecule has 0 radical (unpaired) electrons. The molecule has 0 bridgehead atoms. The molecule has 1 fully saturated rings. The van der Waals surface area contributed by atoms with Crippen LogP contribution in [-0.2, 0) is 0 Å². The molecule has 0 aliphatic carbocycles. The minimum Gasteiger partial charge on any atom is -0.366 e. The molecule has 2 rings (SSSR count). The fraction of sp³-hybridized carbons (Fsp3) is 0.500. The van der Waals surface area contributed by atoms with Gasteiger partial charge in [0.15, 0.2) is 0 Å². The number of rotatable bonds is 4. The molecular formula is C14H18N4O2. The van der Waals surface area contributed by atoms with E-state index < -0.39 is 0 Å². The lowest BCUT2D eigenvalue weighted by atomic mass is 9.97. The highest BCUT2D eigenvalue weighted by atomic mass is 16.6. The first-order valence-electron chi connectivity index (χ1n) is 6.73. The molecule has 1 heterocycles. The van der Waals surface area contributed by atoms with Gasteiger partial charge in [-0.3, -0.25) is 10.1 Å². The Morgan fingerprint density at radius 2 is 2.40 bits per heavy atom. The summed E-state index contributed by atoms with van der Waals surface area (Å²) < 4.78 is 0. The van der Waals surface area contributed by atoms with Crippen LogP contribution in [-0.4, -0.2) is 31.6 Å². The Balaban J connectivity index is 2.30. The average molecular weight is 274 g/mol. The first-order valence-corrected chi connectivity index (χ1v) is 6.73. The molecule has 0 aromatic heterocycles. The van der Waals surface area contributed by atoms with Crippen molar-refractivity contribution in [3.8, 4) is 6.07 Å². The van der Waals surface area contributed by atoms with Crippen LogP contribution in [0.1, 0.15) is 18.4 Å². The van der Waals surface area contributed by atoms with Crippen molar-refractivity contribution < 1.29 is 4.92 Å². The summed E-state index contributed by atoms with van der Waals surface area (Å²) in [6.07, 6.45) is 2.14. The summed E-state index contributed by atoms with van der Waals surface area (Å²) in [6.45, 7) is 2.49. The van der Waals surface area contributed by atoms with Gasteiger partial charge in [0.25, 0.3) is 5.69 Å². The Kier molecular flexibility index (Phi) is 4.53. The first-order chi connectivity index (χ1) is 9.65. The molecule has 1 atom stereocenters. The lowest BCUT2D eigenvalue weighted by Crippen LogP contribution is -2.39. The van der Waals surface area contributed by atoms with Gasteiger partial charge in [0.2, 0.25) is 0 Å². The number of hydrogen-bond acceptors (Lipinski definition) is 5. The van der Waals surface area contributed by atoms with Crippen molar-refractivity contribution in [1.82, 2.24) is 5.32 Å². The highest BCUT2D eigenvalue weighted by Crippen LogP contribution is 2.32. The SMILES string of the molecule is CNCC1CCCN(c2cc(C#N)ccc2[N+](=O)[O-])C1. The van der Waals surface area contributed by atoms with E-state index >= 15 is 0 Å². The van der Waals surface area contributed by atoms with Crippen LogP contribution in [0.25, 0.3) is 0 Å². The normalized spacial score (nSPS) is 18.6. The molecular weight excluding hydrogens is 256 g/mol. The van der Waals surface area contributed by atoms with E-state index in [-0.39, 0.29) is 10.6 Å². The van der Waals surface area contributed by atoms with Crippen LogP contribution in [0.15, 0.2) is 18.2 Å². The summed E-state index contributed by atoms with van der Waals surface area (Å²) in [5.74, 6) is 0.485. The molecule has 1 aromatic rings. The van der Waals surface area contributed by atoms with Gasteiger partial charge in [0.05, 0.1) is 16.6 Å². The van der Waals surface area contributed by atoms with Gasteiger partial charge in [-0.1, -0.05) is 0 Å². The summed E-state index contributed by atoms with van der Waals surface area (Å²) in [7, 11) is 1.91. The monoisotopic (exact) mass is 274 g/mol. The number of nitrogens with one attached hydrogen (secondary N) is 1. The molecule has 0 spiro atoms. The molecule has 106 valence electrons. The number of hydrogen-bond donors (Lipinski definition) is 1. The number of nitrogens with zero attached hydrogens (tertiary/aromatic N) is 3. The zero-order chi connectivity index (χ0) is 14.5. The van der Waals surface area contributed by atoms with E-state index in [1.165, 1.54) is 12.1 Å². The maximum Gasteiger partial charge on any atom is 0.292 e. The predicted octanol–water partition coefficient (Wildman–Crippen LogP) is 1.90. The van der Waals surface area contributed by atoms with Crippen molar-refractivity contribution in [1.29, 1.82) is 5.26 Å². The van der Waals surface area contributed by atoms with Crippen LogP contribution in [0.2, 0.25) is 0 Å². The van der Waals surface area contributed by atoms with Crippen molar-refractivity contribution in [3.05, 3.63) is 33.9 Å². The molecule has 1 aliphatic heterocycles. The Hall–Kier alpha value is -2.13. The zero-order valence-corrected chi connectivity index (χ0v) is 11.5. The molecule has 1 unspecified atom stereocenters. The van der Waals surface area contributed by atoms with Crippen LogP contribution in [0.5, 0.6) is 0 Å². The Labute approximate surface area is 118 Å². The number of anilines is 1. The summed E-state index contributed by atoms with van der Waals surface area (Å²) in [4.78, 5) is 12.8. The topological polar surface area (TPSA) is 82.2 Å². The largest absolute Gasteiger partial charge is 0.366 e. The molecule has 6 heteroatoms. The quantitative estimate of drug-likeness (QED) is 0.670. The van der Waals surface area contributed by atoms with E-state index in [1.54, 1.807) is 6.07 Å². The summed E-state index contributed by atoms with van der Waals surface area (Å²) in [6, 6.07) is 6.60. The highest BCUT2D eigenvalue weighted by molar-refractivity contribution is 5.66. The number of nitro benzene ring substituents is 1. The molecule has 1 saturated heterocycles. The third-order valence-electron chi connectivity index (χ3n) is 3.65. The molecule has 0 amide bonds. The number of nitro groups is 1. The van der Waals surface area contributed by atoms with Crippen LogP contribution in [0, 0.1) is 27.4 Å². The molecule has 1 aliphatic rings. The summed E-state index contributed by atoms with van der Waals surface area (Å²) >= 11 is 0. The van der Waals surface area contributed by atoms with E-state index in [0.29, 0.717) is 17.2 Å². The van der Waals surface area contributed by atoms with Crippen molar-refractivity contribution >= 4 is 11.4 Å².